The number of nitrogens with zero attached hydrogens (tertiary/aromatic N) is 1. The van der Waals surface area contributed by atoms with Gasteiger partial charge in [-0.25, -0.2) is 0 Å². The molecule has 0 spiro atoms. The second kappa shape index (κ2) is 12.5. The van der Waals surface area contributed by atoms with Crippen molar-refractivity contribution in [1.82, 2.24) is 4.57 Å². The van der Waals surface area contributed by atoms with E-state index < -0.39 is 0 Å². The first kappa shape index (κ1) is 28.1. The van der Waals surface area contributed by atoms with E-state index in [-0.39, 0.29) is 5.97 Å². The van der Waals surface area contributed by atoms with E-state index in [1.54, 1.807) is 14.2 Å². The number of benzene rings is 5. The summed E-state index contributed by atoms with van der Waals surface area (Å²) in [6.45, 7) is 2.26. The van der Waals surface area contributed by atoms with E-state index in [2.05, 4.69) is 89.5 Å². The molecule has 5 nitrogen and oxygen atoms in total. The molecule has 1 heterocycles. The third-order valence-electron chi connectivity index (χ3n) is 7.92. The normalized spacial score (nSPS) is 11.1. The van der Waals surface area contributed by atoms with Crippen LogP contribution >= 0.6 is 0 Å². The molecule has 0 saturated carbocycles. The van der Waals surface area contributed by atoms with Gasteiger partial charge in [0.05, 0.1) is 31.9 Å². The van der Waals surface area contributed by atoms with Crippen LogP contribution in [0, 0.1) is 0 Å². The molecule has 0 N–H and O–H groups in total. The van der Waals surface area contributed by atoms with E-state index in [9.17, 15) is 4.79 Å². The Kier molecular flexibility index (Phi) is 8.14. The number of esters is 1. The molecular formula is C38H35NO4. The molecular weight excluding hydrogens is 534 g/mol. The lowest BCUT2D eigenvalue weighted by atomic mass is 10.00. The Morgan fingerprint density at radius 1 is 0.651 bits per heavy atom. The van der Waals surface area contributed by atoms with Gasteiger partial charge in [0.15, 0.2) is 0 Å². The van der Waals surface area contributed by atoms with Gasteiger partial charge in [0.25, 0.3) is 0 Å². The molecule has 6 aromatic rings. The molecule has 0 unspecified atom stereocenters. The van der Waals surface area contributed by atoms with Crippen molar-refractivity contribution >= 4 is 27.8 Å². The highest BCUT2D eigenvalue weighted by Gasteiger charge is 2.15. The molecule has 0 aliphatic heterocycles. The highest BCUT2D eigenvalue weighted by atomic mass is 16.5. The summed E-state index contributed by atoms with van der Waals surface area (Å²) in [6, 6.07) is 38.4. The monoisotopic (exact) mass is 569 g/mol. The zero-order valence-corrected chi connectivity index (χ0v) is 24.8. The summed E-state index contributed by atoms with van der Waals surface area (Å²) in [6.07, 6.45) is 2.04. The first-order valence-corrected chi connectivity index (χ1v) is 14.7. The molecule has 5 heteroatoms. The molecule has 0 amide bonds. The number of fused-ring (bicyclic) bond motifs is 3. The van der Waals surface area contributed by atoms with Crippen LogP contribution in [0.25, 0.3) is 49.7 Å². The maximum atomic E-state index is 11.7. The van der Waals surface area contributed by atoms with Gasteiger partial charge in [-0.3, -0.25) is 4.79 Å². The molecule has 216 valence electrons. The van der Waals surface area contributed by atoms with Gasteiger partial charge in [0, 0.05) is 22.9 Å². The number of ether oxygens (including phenoxy) is 3. The van der Waals surface area contributed by atoms with Gasteiger partial charge < -0.3 is 18.8 Å². The van der Waals surface area contributed by atoms with Crippen LogP contribution in [0.1, 0.15) is 25.3 Å². The molecule has 0 fully saturated rings. The summed E-state index contributed by atoms with van der Waals surface area (Å²) in [7, 11) is 3.39. The van der Waals surface area contributed by atoms with Crippen LogP contribution in [0.5, 0.6) is 11.5 Å². The fraction of sp³-hybridized carbons (Fsp3) is 0.184. The molecule has 43 heavy (non-hydrogen) atoms. The van der Waals surface area contributed by atoms with E-state index in [0.717, 1.165) is 63.3 Å². The molecule has 0 aliphatic rings. The van der Waals surface area contributed by atoms with E-state index >= 15 is 0 Å². The number of carbonyl (C=O) groups excluding carboxylic acids is 1. The van der Waals surface area contributed by atoms with Crippen molar-refractivity contribution in [3.63, 3.8) is 0 Å². The summed E-state index contributed by atoms with van der Waals surface area (Å²) in [5, 5.41) is 2.36. The molecule has 0 atom stereocenters. The van der Waals surface area contributed by atoms with Gasteiger partial charge in [-0.15, -0.1) is 0 Å². The van der Waals surface area contributed by atoms with E-state index in [4.69, 9.17) is 14.2 Å². The number of carbonyl (C=O) groups is 1. The molecule has 0 bridgehead atoms. The number of rotatable bonds is 10. The Morgan fingerprint density at radius 2 is 1.19 bits per heavy atom. The van der Waals surface area contributed by atoms with Gasteiger partial charge in [-0.2, -0.15) is 0 Å². The summed E-state index contributed by atoms with van der Waals surface area (Å²) >= 11 is 0. The minimum Gasteiger partial charge on any atom is -0.497 e. The zero-order chi connectivity index (χ0) is 29.8. The molecule has 0 saturated heterocycles. The molecule has 5 aromatic carbocycles. The number of aryl methyl sites for hydroxylation is 1. The first-order valence-electron chi connectivity index (χ1n) is 14.7. The maximum absolute atomic E-state index is 11.7. The number of methoxy groups -OCH3 is 2. The standard InChI is InChI=1S/C38H35NO4/c1-4-43-38(40)13-5-8-26-14-18-31(19-15-26)39-36-20-16-29(27-9-6-11-32(22-27)41-2)24-34(36)35-25-30(17-21-37(35)39)28-10-7-12-33(23-28)42-3/h6-7,9-12,14-25H,4-5,8,13H2,1-3H3. The van der Waals surface area contributed by atoms with E-state index in [1.807, 2.05) is 31.2 Å². The predicted molar refractivity (Wildman–Crippen MR) is 174 cm³/mol. The quantitative estimate of drug-likeness (QED) is 0.155. The van der Waals surface area contributed by atoms with Crippen molar-refractivity contribution < 1.29 is 19.0 Å². The topological polar surface area (TPSA) is 49.7 Å². The van der Waals surface area contributed by atoms with Crippen LogP contribution in [-0.4, -0.2) is 31.4 Å². The van der Waals surface area contributed by atoms with Crippen molar-refractivity contribution in [2.75, 3.05) is 20.8 Å². The largest absolute Gasteiger partial charge is 0.497 e. The third-order valence-corrected chi connectivity index (χ3v) is 7.92. The second-order valence-electron chi connectivity index (χ2n) is 10.6. The SMILES string of the molecule is CCOC(=O)CCCc1ccc(-n2c3ccc(-c4cccc(OC)c4)cc3c3cc(-c4cccc(OC)c4)ccc32)cc1. The fourth-order valence-electron chi connectivity index (χ4n) is 5.75. The Bertz CT molecular complexity index is 1800. The lowest BCUT2D eigenvalue weighted by Gasteiger charge is -2.10. The van der Waals surface area contributed by atoms with Crippen LogP contribution in [0.2, 0.25) is 0 Å². The summed E-state index contributed by atoms with van der Waals surface area (Å²) in [5.74, 6) is 1.54. The molecule has 1 aromatic heterocycles. The zero-order valence-electron chi connectivity index (χ0n) is 24.8. The first-order chi connectivity index (χ1) is 21.1. The van der Waals surface area contributed by atoms with Crippen molar-refractivity contribution in [3.8, 4) is 39.4 Å². The van der Waals surface area contributed by atoms with Crippen LogP contribution < -0.4 is 9.47 Å². The second-order valence-corrected chi connectivity index (χ2v) is 10.6. The van der Waals surface area contributed by atoms with Gasteiger partial charge in [-0.1, -0.05) is 48.5 Å². The smallest absolute Gasteiger partial charge is 0.305 e. The van der Waals surface area contributed by atoms with Gasteiger partial charge in [0.1, 0.15) is 11.5 Å². The summed E-state index contributed by atoms with van der Waals surface area (Å²) in [4.78, 5) is 11.7. The fourth-order valence-corrected chi connectivity index (χ4v) is 5.75. The average Bonchev–Trinajstić information content (AvgIpc) is 3.38. The van der Waals surface area contributed by atoms with Crippen molar-refractivity contribution in [2.24, 2.45) is 0 Å². The molecule has 0 radical (unpaired) electrons. The number of hydrogen-bond acceptors (Lipinski definition) is 4. The van der Waals surface area contributed by atoms with Crippen molar-refractivity contribution in [1.29, 1.82) is 0 Å². The average molecular weight is 570 g/mol. The minimum absolute atomic E-state index is 0.133. The molecule has 6 rings (SSSR count). The maximum Gasteiger partial charge on any atom is 0.305 e. The van der Waals surface area contributed by atoms with Gasteiger partial charge in [0.2, 0.25) is 0 Å². The highest BCUT2D eigenvalue weighted by Crippen LogP contribution is 2.38. The van der Waals surface area contributed by atoms with Gasteiger partial charge >= 0.3 is 5.97 Å². The lowest BCUT2D eigenvalue weighted by molar-refractivity contribution is -0.143. The molecule has 0 aliphatic carbocycles. The van der Waals surface area contributed by atoms with Crippen LogP contribution in [0.15, 0.2) is 109 Å². The lowest BCUT2D eigenvalue weighted by Crippen LogP contribution is -2.04. The van der Waals surface area contributed by atoms with Crippen molar-refractivity contribution in [2.45, 2.75) is 26.2 Å². The summed E-state index contributed by atoms with van der Waals surface area (Å²) < 4.78 is 18.4. The van der Waals surface area contributed by atoms with E-state index in [1.165, 1.54) is 16.3 Å². The Morgan fingerprint density at radius 3 is 1.70 bits per heavy atom. The van der Waals surface area contributed by atoms with E-state index in [0.29, 0.717) is 13.0 Å². The van der Waals surface area contributed by atoms with Crippen LogP contribution in [0.4, 0.5) is 0 Å². The van der Waals surface area contributed by atoms with Crippen LogP contribution in [-0.2, 0) is 16.0 Å². The highest BCUT2D eigenvalue weighted by molar-refractivity contribution is 6.11. The summed E-state index contributed by atoms with van der Waals surface area (Å²) in [5.41, 5.74) is 9.06. The Balaban J connectivity index is 1.44. The minimum atomic E-state index is -0.133. The Hall–Kier alpha value is -5.03. The number of hydrogen-bond donors (Lipinski definition) is 0. The van der Waals surface area contributed by atoms with Gasteiger partial charge in [-0.05, 0) is 108 Å². The Labute approximate surface area is 252 Å². The third kappa shape index (κ3) is 5.84. The number of aromatic nitrogens is 1. The van der Waals surface area contributed by atoms with Crippen molar-refractivity contribution in [3.05, 3.63) is 115 Å². The van der Waals surface area contributed by atoms with Crippen LogP contribution in [0.3, 0.4) is 0 Å². The predicted octanol–water partition coefficient (Wildman–Crippen LogP) is 9.02.